The zero-order valence-corrected chi connectivity index (χ0v) is 19.2. The topological polar surface area (TPSA) is 61.0 Å². The average molecular weight is 480 g/mol. The molecule has 7 nitrogen and oxygen atoms in total. The lowest BCUT2D eigenvalue weighted by Crippen LogP contribution is -2.29. The number of pyridine rings is 1. The van der Waals surface area contributed by atoms with Crippen LogP contribution in [0.3, 0.4) is 0 Å². The molecule has 4 heterocycles. The summed E-state index contributed by atoms with van der Waals surface area (Å²) in [5, 5.41) is 4.58. The van der Waals surface area contributed by atoms with Crippen LogP contribution in [0.25, 0.3) is 17.8 Å². The summed E-state index contributed by atoms with van der Waals surface area (Å²) in [4.78, 5) is 10.5. The predicted octanol–water partition coefficient (Wildman–Crippen LogP) is 5.51. The van der Waals surface area contributed by atoms with Crippen LogP contribution in [0.15, 0.2) is 55.0 Å². The quantitative estimate of drug-likeness (QED) is 0.377. The van der Waals surface area contributed by atoms with Gasteiger partial charge in [-0.3, -0.25) is 0 Å². The van der Waals surface area contributed by atoms with E-state index in [2.05, 4.69) is 15.1 Å². The van der Waals surface area contributed by atoms with Crippen LogP contribution < -0.4 is 9.64 Å². The number of aromatic nitrogens is 5. The number of para-hydroxylation sites is 1. The van der Waals surface area contributed by atoms with E-state index in [-0.39, 0.29) is 5.69 Å². The molecule has 0 spiro atoms. The summed E-state index contributed by atoms with van der Waals surface area (Å²) < 4.78 is 49.9. The number of nitrogens with zero attached hydrogens (tertiary/aromatic N) is 6. The first-order valence-electron chi connectivity index (χ1n) is 11.1. The summed E-state index contributed by atoms with van der Waals surface area (Å²) in [6.07, 6.45) is 3.43. The summed E-state index contributed by atoms with van der Waals surface area (Å²) in [6, 6.07) is 11.2. The minimum atomic E-state index is -4.44. The number of aryl methyl sites for hydroxylation is 2. The molecule has 1 aliphatic heterocycles. The molecule has 0 fully saturated rings. The van der Waals surface area contributed by atoms with Gasteiger partial charge in [0.25, 0.3) is 0 Å². The molecule has 4 aromatic rings. The van der Waals surface area contributed by atoms with Gasteiger partial charge in [0.1, 0.15) is 11.5 Å². The van der Waals surface area contributed by atoms with Crippen LogP contribution in [-0.4, -0.2) is 38.0 Å². The highest BCUT2D eigenvalue weighted by Crippen LogP contribution is 2.40. The monoisotopic (exact) mass is 480 g/mol. The molecule has 0 amide bonds. The number of alkyl halides is 3. The van der Waals surface area contributed by atoms with Crippen molar-refractivity contribution in [3.63, 3.8) is 0 Å². The van der Waals surface area contributed by atoms with Gasteiger partial charge >= 0.3 is 6.18 Å². The maximum atomic E-state index is 13.6. The third kappa shape index (κ3) is 4.51. The van der Waals surface area contributed by atoms with Gasteiger partial charge in [0.15, 0.2) is 0 Å². The number of hydrogen-bond acceptors (Lipinski definition) is 5. The van der Waals surface area contributed by atoms with E-state index in [1.165, 1.54) is 12.1 Å². The van der Waals surface area contributed by atoms with E-state index in [4.69, 9.17) is 4.74 Å². The molecule has 0 aliphatic carbocycles. The number of anilines is 2. The second-order valence-corrected chi connectivity index (χ2v) is 8.19. The van der Waals surface area contributed by atoms with Gasteiger partial charge in [0.05, 0.1) is 41.8 Å². The van der Waals surface area contributed by atoms with Crippen molar-refractivity contribution >= 4 is 23.7 Å². The van der Waals surface area contributed by atoms with Gasteiger partial charge in [-0.2, -0.15) is 18.3 Å². The van der Waals surface area contributed by atoms with Gasteiger partial charge < -0.3 is 14.2 Å². The second kappa shape index (κ2) is 8.94. The van der Waals surface area contributed by atoms with E-state index >= 15 is 0 Å². The fraction of sp³-hybridized carbons (Fsp3) is 0.240. The van der Waals surface area contributed by atoms with Crippen molar-refractivity contribution in [3.8, 4) is 11.6 Å². The molecule has 1 aliphatic rings. The number of hydrogen-bond donors (Lipinski definition) is 0. The molecular weight excluding hydrogens is 457 g/mol. The van der Waals surface area contributed by atoms with E-state index < -0.39 is 11.7 Å². The Morgan fingerprint density at radius 1 is 1.00 bits per heavy atom. The van der Waals surface area contributed by atoms with Gasteiger partial charge in [0, 0.05) is 25.4 Å². The van der Waals surface area contributed by atoms with Gasteiger partial charge in [0.2, 0.25) is 5.88 Å². The Morgan fingerprint density at radius 2 is 1.80 bits per heavy atom. The first kappa shape index (κ1) is 22.7. The number of imidazole rings is 1. The molecule has 35 heavy (non-hydrogen) atoms. The molecule has 0 saturated heterocycles. The zero-order chi connectivity index (χ0) is 24.6. The Labute approximate surface area is 200 Å². The maximum absolute atomic E-state index is 13.6. The van der Waals surface area contributed by atoms with Crippen LogP contribution in [0.4, 0.5) is 24.7 Å². The molecule has 0 radical (unpaired) electrons. The fourth-order valence-corrected chi connectivity index (χ4v) is 4.19. The average Bonchev–Trinajstić information content (AvgIpc) is 3.47. The normalized spacial score (nSPS) is 13.9. The Bertz CT molecular complexity index is 1390. The smallest absolute Gasteiger partial charge is 0.418 e. The molecule has 3 aromatic heterocycles. The van der Waals surface area contributed by atoms with E-state index in [0.29, 0.717) is 42.6 Å². The third-order valence-electron chi connectivity index (χ3n) is 5.78. The van der Waals surface area contributed by atoms with E-state index in [0.717, 1.165) is 17.4 Å². The standard InChI is InChI=1S/C25H23F3N6O/c1-17-15-32(16-29-17)22-11-10-18(30-24(22)35-2)8-9-19-14-23-33(12-5-13-34(23)31-19)21-7-4-3-6-20(21)25(26,27)28/h3-4,6-11,14-16H,5,12-13H2,1-2H3. The summed E-state index contributed by atoms with van der Waals surface area (Å²) in [6.45, 7) is 3.02. The van der Waals surface area contributed by atoms with E-state index in [1.807, 2.05) is 29.8 Å². The van der Waals surface area contributed by atoms with Crippen LogP contribution in [0.5, 0.6) is 5.88 Å². The first-order chi connectivity index (χ1) is 16.8. The molecule has 0 N–H and O–H groups in total. The number of benzene rings is 1. The largest absolute Gasteiger partial charge is 0.479 e. The number of halogens is 3. The minimum Gasteiger partial charge on any atom is -0.479 e. The van der Waals surface area contributed by atoms with Crippen LogP contribution in [0.1, 0.15) is 29.1 Å². The Balaban J connectivity index is 1.43. The van der Waals surface area contributed by atoms with Crippen LogP contribution in [0, 0.1) is 6.92 Å². The Kier molecular flexibility index (Phi) is 5.80. The van der Waals surface area contributed by atoms with Crippen molar-refractivity contribution < 1.29 is 17.9 Å². The zero-order valence-electron chi connectivity index (χ0n) is 19.2. The molecule has 10 heteroatoms. The molecule has 0 unspecified atom stereocenters. The predicted molar refractivity (Wildman–Crippen MR) is 127 cm³/mol. The van der Waals surface area contributed by atoms with Crippen molar-refractivity contribution in [1.82, 2.24) is 24.3 Å². The van der Waals surface area contributed by atoms with Gasteiger partial charge in [-0.1, -0.05) is 12.1 Å². The number of rotatable bonds is 5. The molecule has 5 rings (SSSR count). The SMILES string of the molecule is COc1nc(C=Cc2cc3n(n2)CCCN3c2ccccc2C(F)(F)F)ccc1-n1cnc(C)c1. The molecule has 180 valence electrons. The maximum Gasteiger partial charge on any atom is 0.418 e. The van der Waals surface area contributed by atoms with Crippen molar-refractivity contribution in [2.45, 2.75) is 26.1 Å². The van der Waals surface area contributed by atoms with Crippen molar-refractivity contribution in [3.05, 3.63) is 77.6 Å². The second-order valence-electron chi connectivity index (χ2n) is 8.19. The summed E-state index contributed by atoms with van der Waals surface area (Å²) in [5.74, 6) is 1.08. The summed E-state index contributed by atoms with van der Waals surface area (Å²) in [5.41, 5.74) is 2.41. The lowest BCUT2D eigenvalue weighted by Gasteiger charge is -2.31. The first-order valence-corrected chi connectivity index (χ1v) is 11.1. The highest BCUT2D eigenvalue weighted by molar-refractivity contribution is 5.71. The molecule has 0 atom stereocenters. The van der Waals surface area contributed by atoms with Gasteiger partial charge in [-0.15, -0.1) is 0 Å². The molecular formula is C25H23F3N6O. The van der Waals surface area contributed by atoms with Gasteiger partial charge in [-0.05, 0) is 49.8 Å². The lowest BCUT2D eigenvalue weighted by molar-refractivity contribution is -0.137. The molecule has 0 bridgehead atoms. The van der Waals surface area contributed by atoms with E-state index in [9.17, 15) is 13.2 Å². The lowest BCUT2D eigenvalue weighted by atomic mass is 10.1. The highest BCUT2D eigenvalue weighted by atomic mass is 19.4. The molecule has 0 saturated carbocycles. The minimum absolute atomic E-state index is 0.133. The van der Waals surface area contributed by atoms with Crippen molar-refractivity contribution in [2.24, 2.45) is 0 Å². The fourth-order valence-electron chi connectivity index (χ4n) is 4.19. The number of ether oxygens (including phenoxy) is 1. The Hall–Kier alpha value is -4.08. The van der Waals surface area contributed by atoms with Crippen LogP contribution in [-0.2, 0) is 12.7 Å². The van der Waals surface area contributed by atoms with Crippen LogP contribution >= 0.6 is 0 Å². The summed E-state index contributed by atoms with van der Waals surface area (Å²) in [7, 11) is 1.56. The van der Waals surface area contributed by atoms with Crippen molar-refractivity contribution in [1.29, 1.82) is 0 Å². The highest BCUT2D eigenvalue weighted by Gasteiger charge is 2.36. The number of methoxy groups -OCH3 is 1. The van der Waals surface area contributed by atoms with E-state index in [1.54, 1.807) is 47.3 Å². The molecule has 1 aromatic carbocycles. The van der Waals surface area contributed by atoms with Crippen LogP contribution in [0.2, 0.25) is 0 Å². The van der Waals surface area contributed by atoms with Gasteiger partial charge in [-0.25, -0.2) is 14.6 Å². The Morgan fingerprint density at radius 3 is 2.54 bits per heavy atom. The summed E-state index contributed by atoms with van der Waals surface area (Å²) >= 11 is 0. The number of fused-ring (bicyclic) bond motifs is 1. The van der Waals surface area contributed by atoms with Crippen molar-refractivity contribution in [2.75, 3.05) is 18.6 Å². The third-order valence-corrected chi connectivity index (χ3v) is 5.78.